The Morgan fingerprint density at radius 1 is 0.241 bits per heavy atom. The molecule has 4 aliphatic rings. The summed E-state index contributed by atoms with van der Waals surface area (Å²) in [5, 5.41) is 15.4. The first-order chi connectivity index (χ1) is 53.2. The van der Waals surface area contributed by atoms with Gasteiger partial charge < -0.3 is 22.9 Å². The minimum Gasteiger partial charge on any atom is -0.537 e. The van der Waals surface area contributed by atoms with Gasteiger partial charge in [0.15, 0.2) is 0 Å². The van der Waals surface area contributed by atoms with Crippen LogP contribution in [0.5, 0.6) is 5.75 Å². The maximum Gasteiger partial charge on any atom is 0.569 e. The van der Waals surface area contributed by atoms with Crippen LogP contribution >= 0.6 is 31.9 Å². The lowest BCUT2D eigenvalue weighted by atomic mass is 9.77. The molecule has 15 aromatic carbocycles. The van der Waals surface area contributed by atoms with Crippen LogP contribution in [0.2, 0.25) is 0 Å². The summed E-state index contributed by atoms with van der Waals surface area (Å²) in [6.07, 6.45) is 0. The van der Waals surface area contributed by atoms with Crippen molar-refractivity contribution >= 4 is 105 Å². The Bertz CT molecular complexity index is 6550. The largest absolute Gasteiger partial charge is 0.569 e. The number of furan rings is 3. The van der Waals surface area contributed by atoms with E-state index in [0.717, 1.165) is 85.9 Å². The Hall–Kier alpha value is -11.5. The van der Waals surface area contributed by atoms with Crippen LogP contribution < -0.4 is 4.65 Å². The zero-order chi connectivity index (χ0) is 74.9. The van der Waals surface area contributed by atoms with Gasteiger partial charge in [0.2, 0.25) is 0 Å². The van der Waals surface area contributed by atoms with Crippen molar-refractivity contribution in [3.05, 3.63) is 351 Å². The highest BCUT2D eigenvalue weighted by atomic mass is 79.9. The molecule has 0 unspecified atom stereocenters. The molecule has 3 aromatic heterocycles. The van der Waals surface area contributed by atoms with Crippen LogP contribution in [0.3, 0.4) is 0 Å². The van der Waals surface area contributed by atoms with E-state index in [0.29, 0.717) is 13.4 Å². The van der Waals surface area contributed by atoms with Gasteiger partial charge in [-0.1, -0.05) is 272 Å². The van der Waals surface area contributed by atoms with E-state index >= 15 is 0 Å². The van der Waals surface area contributed by atoms with Crippen LogP contribution in [0, 0.1) is 0 Å². The maximum atomic E-state index is 8.78. The van der Waals surface area contributed by atoms with Gasteiger partial charge >= 0.3 is 7.69 Å². The van der Waals surface area contributed by atoms with Gasteiger partial charge in [-0.25, -0.2) is 0 Å². The molecule has 8 heteroatoms. The van der Waals surface area contributed by atoms with Crippen LogP contribution in [-0.2, 0) is 21.7 Å². The van der Waals surface area contributed by atoms with Crippen molar-refractivity contribution in [1.29, 1.82) is 0 Å². The Balaban J connectivity index is 0.000000143. The van der Waals surface area contributed by atoms with E-state index in [-0.39, 0.29) is 36.5 Å². The summed E-state index contributed by atoms with van der Waals surface area (Å²) < 4.78 is 25.9. The van der Waals surface area contributed by atoms with E-state index < -0.39 is 0 Å². The highest BCUT2D eigenvalue weighted by Gasteiger charge is 2.44. The summed E-state index contributed by atoms with van der Waals surface area (Å²) in [5.41, 5.74) is 39.1. The molecule has 4 aliphatic carbocycles. The van der Waals surface area contributed by atoms with Crippen LogP contribution in [0.4, 0.5) is 0 Å². The molecule has 0 spiro atoms. The number of rotatable bonds is 7. The lowest BCUT2D eigenvalue weighted by molar-refractivity contribution is 0.454. The molecule has 0 aliphatic heterocycles. The number of halogens is 2. The van der Waals surface area contributed by atoms with E-state index in [9.17, 15) is 0 Å². The first-order valence-corrected chi connectivity index (χ1v) is 39.3. The Labute approximate surface area is 671 Å². The van der Waals surface area contributed by atoms with Gasteiger partial charge in [-0.3, -0.25) is 0 Å². The highest BCUT2D eigenvalue weighted by molar-refractivity contribution is 9.10. The lowest BCUT2D eigenvalue weighted by Crippen LogP contribution is -2.19. The quantitative estimate of drug-likeness (QED) is 0.161. The molecular formula is C104H82BBr2O5. The third kappa shape index (κ3) is 11.5. The van der Waals surface area contributed by atoms with Gasteiger partial charge in [-0.15, -0.1) is 0 Å². The minimum absolute atomic E-state index is 0. The molecule has 0 saturated carbocycles. The second kappa shape index (κ2) is 26.9. The first kappa shape index (κ1) is 72.1. The predicted octanol–water partition coefficient (Wildman–Crippen LogP) is 30.0. The predicted molar refractivity (Wildman–Crippen MR) is 476 cm³/mol. The topological polar surface area (TPSA) is 68.9 Å². The van der Waals surface area contributed by atoms with Gasteiger partial charge in [0, 0.05) is 62.9 Å². The summed E-state index contributed by atoms with van der Waals surface area (Å²) in [7, 11) is 0.679. The average Bonchev–Trinajstić information content (AvgIpc) is 1.54. The Morgan fingerprint density at radius 3 is 0.786 bits per heavy atom. The maximum absolute atomic E-state index is 8.78. The van der Waals surface area contributed by atoms with Gasteiger partial charge in [0.05, 0.1) is 0 Å². The molecule has 0 atom stereocenters. The summed E-state index contributed by atoms with van der Waals surface area (Å²) in [5.74, 6) is 0.572. The minimum atomic E-state index is -0.161. The molecule has 5 nitrogen and oxygen atoms in total. The molecule has 0 bridgehead atoms. The molecule has 0 saturated heterocycles. The van der Waals surface area contributed by atoms with Gasteiger partial charge in [-0.05, 0) is 272 Å². The summed E-state index contributed by atoms with van der Waals surface area (Å²) in [6, 6.07) is 107. The van der Waals surface area contributed by atoms with Crippen molar-refractivity contribution < 1.29 is 22.9 Å². The molecule has 0 amide bonds. The van der Waals surface area contributed by atoms with Gasteiger partial charge in [-0.2, -0.15) is 0 Å². The molecule has 22 rings (SSSR count). The number of fused-ring (bicyclic) bond motifs is 21. The fourth-order valence-corrected chi connectivity index (χ4v) is 19.2. The zero-order valence-electron chi connectivity index (χ0n) is 62.2. The fourth-order valence-electron chi connectivity index (χ4n) is 18.5. The van der Waals surface area contributed by atoms with Gasteiger partial charge in [0.25, 0.3) is 0 Å². The monoisotopic (exact) mass is 1580 g/mol. The highest BCUT2D eigenvalue weighted by Crippen LogP contribution is 2.59. The van der Waals surface area contributed by atoms with Crippen LogP contribution in [-0.4, -0.2) is 12.7 Å². The van der Waals surface area contributed by atoms with E-state index in [1.54, 1.807) is 6.07 Å². The lowest BCUT2D eigenvalue weighted by Gasteiger charge is -2.26. The molecule has 0 fully saturated rings. The van der Waals surface area contributed by atoms with Crippen molar-refractivity contribution in [3.8, 4) is 106 Å². The van der Waals surface area contributed by atoms with Crippen molar-refractivity contribution in [3.63, 3.8) is 0 Å². The molecule has 112 heavy (non-hydrogen) atoms. The molecule has 1 radical (unpaired) electrons. The molecular weight excluding hydrogens is 1500 g/mol. The summed E-state index contributed by atoms with van der Waals surface area (Å²) in [6.45, 7) is 19.0. The van der Waals surface area contributed by atoms with Crippen molar-refractivity contribution in [1.82, 2.24) is 0 Å². The Kier molecular flexibility index (Phi) is 17.3. The van der Waals surface area contributed by atoms with E-state index in [2.05, 4.69) is 342 Å². The van der Waals surface area contributed by atoms with E-state index in [4.69, 9.17) is 22.9 Å². The zero-order valence-corrected chi connectivity index (χ0v) is 65.4. The van der Waals surface area contributed by atoms with Crippen molar-refractivity contribution in [2.45, 2.75) is 91.9 Å². The van der Waals surface area contributed by atoms with E-state index in [1.165, 1.54) is 134 Å². The number of hydrogen-bond donors (Lipinski definition) is 1. The number of benzene rings is 15. The Morgan fingerprint density at radius 2 is 0.482 bits per heavy atom. The smallest absolute Gasteiger partial charge is 0.537 e. The second-order valence-electron chi connectivity index (χ2n) is 32.1. The molecule has 18 aromatic rings. The standard InChI is InChI=1S/C60H42O2.C24H20Br2.C18H12BO3.2CH4/c1-59(2)51-31-41(39-19-25-57-49(29-39)47-27-37(17-23-55(47)61-57)35-11-7-5-8-12-35)15-21-43(51)45-33-46-44-22-16-42(32-52(44)60(3,4)54(46)34-53(45)59)40-20-26-58-50(30-40)48-28-38(18-24-56(48)62-58)36-13-9-6-10-14-36;1-23(2)19-9-13(25)5-7-15(19)17-11-18-16-8-6-14(26)10-20(16)24(3,4)22(18)12-21(17)23;20-19-22-14-7-9-18-16(11-14)15-10-13(6-8-17(15)21-18)12-4-2-1-3-5-12;;/h5-34H,1-4H3;5-12H,1-4H3;1-11,20H;2*1H4. The third-order valence-corrected chi connectivity index (χ3v) is 25.4. The van der Waals surface area contributed by atoms with Crippen LogP contribution in [0.1, 0.15) is 115 Å². The summed E-state index contributed by atoms with van der Waals surface area (Å²) >= 11 is 7.31. The average molecular weight is 1580 g/mol. The molecule has 3 heterocycles. The van der Waals surface area contributed by atoms with Crippen LogP contribution in [0.25, 0.3) is 166 Å². The first-order valence-electron chi connectivity index (χ1n) is 37.7. The normalized spacial score (nSPS) is 14.2. The SMILES string of the molecule is C.C.CC1(C)c2cc(-c3ccc4oc5ccc(-c6ccccc6)cc5c4c3)ccc2-c2cc3c(cc21)C(C)(C)c1cc(-c2ccc4oc5ccc(-c6ccccc6)cc5c4c2)ccc1-3.CC1(C)c2cc(Br)ccc2-c2cc3c(cc21)C(C)(C)c1cc(Br)ccc1-3.O[B]Oc1ccc2oc3ccc(-c4ccccc4)cc3c2c1. The third-order valence-electron chi connectivity index (χ3n) is 24.4. The van der Waals surface area contributed by atoms with E-state index in [1.807, 2.05) is 36.4 Å². The molecule has 545 valence electrons. The van der Waals surface area contributed by atoms with Gasteiger partial charge in [0.1, 0.15) is 39.2 Å². The fraction of sp³-hybridized carbons (Fsp3) is 0.135. The summed E-state index contributed by atoms with van der Waals surface area (Å²) in [4.78, 5) is 0. The van der Waals surface area contributed by atoms with Crippen molar-refractivity contribution in [2.75, 3.05) is 0 Å². The van der Waals surface area contributed by atoms with Crippen LogP contribution in [0.15, 0.2) is 319 Å². The molecule has 1 N–H and O–H groups in total. The van der Waals surface area contributed by atoms with Crippen molar-refractivity contribution in [2.24, 2.45) is 0 Å². The second-order valence-corrected chi connectivity index (χ2v) is 34.0. The number of hydrogen-bond acceptors (Lipinski definition) is 5.